The van der Waals surface area contributed by atoms with Gasteiger partial charge in [0, 0.05) is 19.7 Å². The first kappa shape index (κ1) is 17.1. The second kappa shape index (κ2) is 7.01. The Morgan fingerprint density at radius 1 is 1.32 bits per heavy atom. The number of hydrogen-bond donors (Lipinski definition) is 1. The zero-order valence-electron chi connectivity index (χ0n) is 14.2. The number of likely N-dealkylation sites (tertiary alicyclic amines) is 1. The lowest BCUT2D eigenvalue weighted by atomic mass is 9.84. The first-order valence-corrected chi connectivity index (χ1v) is 8.20. The summed E-state index contributed by atoms with van der Waals surface area (Å²) in [6, 6.07) is 9.17. The van der Waals surface area contributed by atoms with Gasteiger partial charge in [0.1, 0.15) is 11.6 Å². The van der Waals surface area contributed by atoms with Crippen LogP contribution in [0.5, 0.6) is 0 Å². The van der Waals surface area contributed by atoms with Gasteiger partial charge in [-0.3, -0.25) is 9.59 Å². The lowest BCUT2D eigenvalue weighted by molar-refractivity contribution is -0.140. The molecule has 1 aromatic heterocycles. The largest absolute Gasteiger partial charge is 0.338 e. The Balaban J connectivity index is 1.87. The molecule has 2 unspecified atom stereocenters. The van der Waals surface area contributed by atoms with Gasteiger partial charge in [-0.25, -0.2) is 9.37 Å². The molecule has 130 valence electrons. The summed E-state index contributed by atoms with van der Waals surface area (Å²) in [6.45, 7) is 1.92. The number of aromatic nitrogens is 1. The van der Waals surface area contributed by atoms with Gasteiger partial charge >= 0.3 is 0 Å². The molecule has 0 bridgehead atoms. The summed E-state index contributed by atoms with van der Waals surface area (Å²) >= 11 is 0. The molecule has 6 heteroatoms. The van der Waals surface area contributed by atoms with E-state index in [1.54, 1.807) is 31.4 Å². The van der Waals surface area contributed by atoms with Crippen LogP contribution in [0.4, 0.5) is 10.2 Å². The molecular weight excluding hydrogens is 321 g/mol. The molecular formula is C19H20FN3O2. The van der Waals surface area contributed by atoms with Crippen LogP contribution in [0.15, 0.2) is 42.6 Å². The minimum Gasteiger partial charge on any atom is -0.338 e. The number of anilines is 1. The number of amides is 2. The van der Waals surface area contributed by atoms with Crippen LogP contribution < -0.4 is 5.32 Å². The Morgan fingerprint density at radius 2 is 2.12 bits per heavy atom. The van der Waals surface area contributed by atoms with E-state index in [-0.39, 0.29) is 17.6 Å². The summed E-state index contributed by atoms with van der Waals surface area (Å²) in [4.78, 5) is 30.6. The van der Waals surface area contributed by atoms with Crippen LogP contribution in [0.1, 0.15) is 30.0 Å². The van der Waals surface area contributed by atoms with Crippen molar-refractivity contribution in [1.82, 2.24) is 9.88 Å². The first-order chi connectivity index (χ1) is 12.0. The molecule has 0 radical (unpaired) electrons. The van der Waals surface area contributed by atoms with E-state index >= 15 is 0 Å². The third-order valence-corrected chi connectivity index (χ3v) is 4.55. The number of pyridine rings is 1. The van der Waals surface area contributed by atoms with Gasteiger partial charge in [-0.2, -0.15) is 0 Å². The molecule has 25 heavy (non-hydrogen) atoms. The van der Waals surface area contributed by atoms with E-state index in [2.05, 4.69) is 10.3 Å². The van der Waals surface area contributed by atoms with Gasteiger partial charge in [0.2, 0.25) is 11.8 Å². The number of carbonyl (C=O) groups excluding carboxylic acids is 2. The summed E-state index contributed by atoms with van der Waals surface area (Å²) in [7, 11) is 1.65. The van der Waals surface area contributed by atoms with E-state index in [0.717, 1.165) is 5.56 Å². The van der Waals surface area contributed by atoms with E-state index in [9.17, 15) is 14.0 Å². The number of rotatable bonds is 3. The Morgan fingerprint density at radius 3 is 2.80 bits per heavy atom. The molecule has 2 heterocycles. The number of piperidine rings is 1. The molecule has 1 N–H and O–H groups in total. The van der Waals surface area contributed by atoms with Gasteiger partial charge in [-0.15, -0.1) is 0 Å². The van der Waals surface area contributed by atoms with E-state index in [0.29, 0.717) is 24.2 Å². The standard InChI is InChI=1S/C19H20FN3O2/c1-12-6-8-16(21-11-12)22-19(25)15-7-9-17(24)23(2)18(15)13-4-3-5-14(20)10-13/h3-6,8,10-11,15,18H,7,9H2,1-2H3,(H,21,22,25). The zero-order valence-corrected chi connectivity index (χ0v) is 14.2. The van der Waals surface area contributed by atoms with Crippen molar-refractivity contribution in [2.45, 2.75) is 25.8 Å². The minimum absolute atomic E-state index is 0.0493. The fourth-order valence-corrected chi connectivity index (χ4v) is 3.22. The van der Waals surface area contributed by atoms with Crippen LogP contribution in [0, 0.1) is 18.7 Å². The van der Waals surface area contributed by atoms with Crippen molar-refractivity contribution in [1.29, 1.82) is 0 Å². The molecule has 2 amide bonds. The highest BCUT2D eigenvalue weighted by atomic mass is 19.1. The van der Waals surface area contributed by atoms with E-state index < -0.39 is 12.0 Å². The van der Waals surface area contributed by atoms with Gasteiger partial charge in [0.15, 0.2) is 0 Å². The molecule has 1 aliphatic heterocycles. The molecule has 2 aromatic rings. The number of nitrogens with zero attached hydrogens (tertiary/aromatic N) is 2. The van der Waals surface area contributed by atoms with E-state index in [4.69, 9.17) is 0 Å². The van der Waals surface area contributed by atoms with Crippen LogP contribution in [-0.2, 0) is 9.59 Å². The lowest BCUT2D eigenvalue weighted by Gasteiger charge is -2.38. The first-order valence-electron chi connectivity index (χ1n) is 8.20. The van der Waals surface area contributed by atoms with Gasteiger partial charge in [0.05, 0.1) is 12.0 Å². The van der Waals surface area contributed by atoms with Crippen LogP contribution in [0.2, 0.25) is 0 Å². The average Bonchev–Trinajstić information content (AvgIpc) is 2.59. The zero-order chi connectivity index (χ0) is 18.0. The fraction of sp³-hybridized carbons (Fsp3) is 0.316. The summed E-state index contributed by atoms with van der Waals surface area (Å²) in [5.74, 6) is -0.652. The molecule has 1 saturated heterocycles. The Kier molecular flexibility index (Phi) is 4.79. The quantitative estimate of drug-likeness (QED) is 0.933. The fourth-order valence-electron chi connectivity index (χ4n) is 3.22. The second-order valence-electron chi connectivity index (χ2n) is 6.36. The highest BCUT2D eigenvalue weighted by molar-refractivity contribution is 5.94. The third-order valence-electron chi connectivity index (χ3n) is 4.55. The molecule has 1 aliphatic rings. The number of aryl methyl sites for hydroxylation is 1. The molecule has 0 spiro atoms. The molecule has 5 nitrogen and oxygen atoms in total. The van der Waals surface area contributed by atoms with Crippen molar-refractivity contribution >= 4 is 17.6 Å². The smallest absolute Gasteiger partial charge is 0.231 e. The van der Waals surface area contributed by atoms with Gasteiger partial charge < -0.3 is 10.2 Å². The van der Waals surface area contributed by atoms with Crippen molar-refractivity contribution in [2.24, 2.45) is 5.92 Å². The lowest BCUT2D eigenvalue weighted by Crippen LogP contribution is -2.44. The Labute approximate surface area is 145 Å². The van der Waals surface area contributed by atoms with Crippen LogP contribution >= 0.6 is 0 Å². The Hall–Kier alpha value is -2.76. The average molecular weight is 341 g/mol. The highest BCUT2D eigenvalue weighted by Gasteiger charge is 2.39. The van der Waals surface area contributed by atoms with E-state index in [1.165, 1.54) is 17.0 Å². The Bertz CT molecular complexity index is 792. The van der Waals surface area contributed by atoms with Crippen molar-refractivity contribution in [2.75, 3.05) is 12.4 Å². The van der Waals surface area contributed by atoms with Gasteiger partial charge in [0.25, 0.3) is 0 Å². The van der Waals surface area contributed by atoms with Crippen molar-refractivity contribution in [3.63, 3.8) is 0 Å². The maximum absolute atomic E-state index is 13.6. The molecule has 1 fully saturated rings. The number of hydrogen-bond acceptors (Lipinski definition) is 3. The van der Waals surface area contributed by atoms with Crippen molar-refractivity contribution in [3.05, 3.63) is 59.5 Å². The maximum atomic E-state index is 13.6. The minimum atomic E-state index is -0.498. The SMILES string of the molecule is Cc1ccc(NC(=O)C2CCC(=O)N(C)C2c2cccc(F)c2)nc1. The number of halogens is 1. The predicted molar refractivity (Wildman–Crippen MR) is 92.2 cm³/mol. The van der Waals surface area contributed by atoms with Crippen LogP contribution in [0.3, 0.4) is 0 Å². The highest BCUT2D eigenvalue weighted by Crippen LogP contribution is 2.36. The third kappa shape index (κ3) is 3.68. The summed E-state index contributed by atoms with van der Waals surface area (Å²) in [5, 5.41) is 2.81. The van der Waals surface area contributed by atoms with E-state index in [1.807, 2.05) is 13.0 Å². The van der Waals surface area contributed by atoms with Gasteiger partial charge in [-0.05, 0) is 42.7 Å². The topological polar surface area (TPSA) is 62.3 Å². The molecule has 0 aliphatic carbocycles. The number of benzene rings is 1. The summed E-state index contributed by atoms with van der Waals surface area (Å²) in [5.41, 5.74) is 1.62. The normalized spacial score (nSPS) is 20.4. The predicted octanol–water partition coefficient (Wildman–Crippen LogP) is 3.08. The molecule has 0 saturated carbocycles. The number of nitrogens with one attached hydrogen (secondary N) is 1. The van der Waals surface area contributed by atoms with Crippen LogP contribution in [-0.4, -0.2) is 28.7 Å². The van der Waals surface area contributed by atoms with Crippen molar-refractivity contribution < 1.29 is 14.0 Å². The second-order valence-corrected chi connectivity index (χ2v) is 6.36. The van der Waals surface area contributed by atoms with Crippen LogP contribution in [0.25, 0.3) is 0 Å². The summed E-state index contributed by atoms with van der Waals surface area (Å²) in [6.07, 6.45) is 2.39. The summed E-state index contributed by atoms with van der Waals surface area (Å²) < 4.78 is 13.6. The molecule has 2 atom stereocenters. The molecule has 3 rings (SSSR count). The maximum Gasteiger partial charge on any atom is 0.231 e. The molecule has 1 aromatic carbocycles. The van der Waals surface area contributed by atoms with Gasteiger partial charge in [-0.1, -0.05) is 18.2 Å². The number of carbonyl (C=O) groups is 2. The monoisotopic (exact) mass is 341 g/mol. The van der Waals surface area contributed by atoms with Crippen molar-refractivity contribution in [3.8, 4) is 0 Å².